The van der Waals surface area contributed by atoms with Crippen molar-refractivity contribution in [2.75, 3.05) is 26.8 Å². The van der Waals surface area contributed by atoms with Gasteiger partial charge in [0.2, 0.25) is 0 Å². The van der Waals surface area contributed by atoms with Crippen LogP contribution in [-0.4, -0.2) is 37.6 Å². The van der Waals surface area contributed by atoms with Gasteiger partial charge in [-0.1, -0.05) is 12.1 Å². The molecule has 0 saturated carbocycles. The van der Waals surface area contributed by atoms with Gasteiger partial charge in [0.1, 0.15) is 0 Å². The van der Waals surface area contributed by atoms with Crippen LogP contribution >= 0.6 is 0 Å². The van der Waals surface area contributed by atoms with Gasteiger partial charge < -0.3 is 19.1 Å². The van der Waals surface area contributed by atoms with E-state index < -0.39 is 0 Å². The Labute approximate surface area is 170 Å². The van der Waals surface area contributed by atoms with Gasteiger partial charge in [0.15, 0.2) is 11.5 Å². The second-order valence-corrected chi connectivity index (χ2v) is 7.48. The number of amides is 1. The van der Waals surface area contributed by atoms with Gasteiger partial charge in [-0.15, -0.1) is 0 Å². The molecule has 29 heavy (non-hydrogen) atoms. The topological polar surface area (TPSA) is 71.8 Å². The van der Waals surface area contributed by atoms with E-state index in [1.165, 1.54) is 0 Å². The summed E-state index contributed by atoms with van der Waals surface area (Å²) in [5.74, 6) is 1.50. The van der Waals surface area contributed by atoms with Crippen molar-refractivity contribution in [1.82, 2.24) is 4.90 Å². The summed E-state index contributed by atoms with van der Waals surface area (Å²) in [6.07, 6.45) is 1.97. The highest BCUT2D eigenvalue weighted by atomic mass is 16.5. The van der Waals surface area contributed by atoms with Crippen LogP contribution < -0.4 is 9.47 Å². The molecule has 6 heteroatoms. The highest BCUT2D eigenvalue weighted by Gasteiger charge is 2.28. The van der Waals surface area contributed by atoms with Crippen molar-refractivity contribution < 1.29 is 19.0 Å². The molecule has 1 saturated heterocycles. The lowest BCUT2D eigenvalue weighted by Gasteiger charge is -2.33. The van der Waals surface area contributed by atoms with Crippen LogP contribution in [0.3, 0.4) is 0 Å². The number of hydrogen-bond acceptors (Lipinski definition) is 5. The third-order valence-corrected chi connectivity index (χ3v) is 5.58. The van der Waals surface area contributed by atoms with Gasteiger partial charge in [0.05, 0.1) is 38.6 Å². The second kappa shape index (κ2) is 8.54. The predicted octanol–water partition coefficient (Wildman–Crippen LogP) is 3.53. The zero-order valence-electron chi connectivity index (χ0n) is 16.5. The van der Waals surface area contributed by atoms with E-state index in [0.29, 0.717) is 43.4 Å². The molecule has 2 aliphatic rings. The largest absolute Gasteiger partial charge is 0.493 e. The van der Waals surface area contributed by atoms with Crippen LogP contribution in [0.25, 0.3) is 0 Å². The van der Waals surface area contributed by atoms with E-state index in [2.05, 4.69) is 6.07 Å². The van der Waals surface area contributed by atoms with Crippen LogP contribution in [0.5, 0.6) is 11.5 Å². The van der Waals surface area contributed by atoms with E-state index in [9.17, 15) is 4.79 Å². The van der Waals surface area contributed by atoms with E-state index in [-0.39, 0.29) is 11.8 Å². The number of hydrogen-bond donors (Lipinski definition) is 0. The molecule has 1 amide bonds. The number of carbonyl (C=O) groups is 1. The van der Waals surface area contributed by atoms with Gasteiger partial charge in [-0.3, -0.25) is 4.79 Å². The number of piperidine rings is 1. The van der Waals surface area contributed by atoms with Crippen molar-refractivity contribution in [3.8, 4) is 17.6 Å². The smallest absolute Gasteiger partial charge is 0.254 e. The Hall–Kier alpha value is -3.04. The summed E-state index contributed by atoms with van der Waals surface area (Å²) in [5, 5.41) is 9.02. The van der Waals surface area contributed by atoms with E-state index in [4.69, 9.17) is 19.5 Å². The van der Waals surface area contributed by atoms with Gasteiger partial charge >= 0.3 is 0 Å². The maximum Gasteiger partial charge on any atom is 0.254 e. The summed E-state index contributed by atoms with van der Waals surface area (Å²) in [6.45, 7) is 3.03. The molecular formula is C23H24N2O4. The Bertz CT molecular complexity index is 950. The Balaban J connectivity index is 1.41. The number of benzene rings is 2. The fraction of sp³-hybridized carbons (Fsp3) is 0.391. The molecule has 2 aromatic rings. The highest BCUT2D eigenvalue weighted by molar-refractivity contribution is 5.96. The van der Waals surface area contributed by atoms with Crippen LogP contribution in [0, 0.1) is 17.2 Å². The molecule has 6 nitrogen and oxygen atoms in total. The fourth-order valence-corrected chi connectivity index (χ4v) is 4.02. The number of likely N-dealkylation sites (tertiary alicyclic amines) is 1. The van der Waals surface area contributed by atoms with Crippen LogP contribution in [-0.2, 0) is 18.0 Å². The van der Waals surface area contributed by atoms with E-state index >= 15 is 0 Å². The Morgan fingerprint density at radius 2 is 2.17 bits per heavy atom. The molecule has 1 fully saturated rings. The third kappa shape index (κ3) is 4.06. The van der Waals surface area contributed by atoms with Crippen LogP contribution in [0.15, 0.2) is 36.4 Å². The number of methoxy groups -OCH3 is 1. The van der Waals surface area contributed by atoms with E-state index in [1.807, 2.05) is 23.1 Å². The van der Waals surface area contributed by atoms with Gasteiger partial charge in [-0.25, -0.2) is 0 Å². The molecule has 150 valence electrons. The maximum absolute atomic E-state index is 13.1. The van der Waals surface area contributed by atoms with Crippen LogP contribution in [0.1, 0.15) is 39.9 Å². The molecule has 0 radical (unpaired) electrons. The Morgan fingerprint density at radius 3 is 3.00 bits per heavy atom. The average molecular weight is 392 g/mol. The maximum atomic E-state index is 13.1. The van der Waals surface area contributed by atoms with Crippen LogP contribution in [0.2, 0.25) is 0 Å². The normalized spacial score (nSPS) is 18.1. The summed E-state index contributed by atoms with van der Waals surface area (Å²) in [4.78, 5) is 15.1. The molecule has 1 unspecified atom stereocenters. The number of nitriles is 1. The summed E-state index contributed by atoms with van der Waals surface area (Å²) >= 11 is 0. The SMILES string of the molecule is COc1cc(C#N)ccc1OCC1CCCN(C(=O)c2cccc3c2COC3)C1. The van der Waals surface area contributed by atoms with Crippen LogP contribution in [0.4, 0.5) is 0 Å². The van der Waals surface area contributed by atoms with Crippen molar-refractivity contribution in [3.05, 3.63) is 58.7 Å². The zero-order valence-corrected chi connectivity index (χ0v) is 16.5. The molecule has 2 aliphatic heterocycles. The van der Waals surface area contributed by atoms with Gasteiger partial charge in [-0.2, -0.15) is 5.26 Å². The van der Waals surface area contributed by atoms with Gasteiger partial charge in [0, 0.05) is 30.6 Å². The lowest BCUT2D eigenvalue weighted by molar-refractivity contribution is 0.0628. The van der Waals surface area contributed by atoms with Crippen molar-refractivity contribution in [3.63, 3.8) is 0 Å². The molecule has 2 aromatic carbocycles. The summed E-state index contributed by atoms with van der Waals surface area (Å²) < 4.78 is 16.8. The minimum atomic E-state index is 0.0769. The highest BCUT2D eigenvalue weighted by Crippen LogP contribution is 2.30. The Kier molecular flexibility index (Phi) is 5.68. The summed E-state index contributed by atoms with van der Waals surface area (Å²) in [7, 11) is 1.56. The van der Waals surface area contributed by atoms with Crippen molar-refractivity contribution >= 4 is 5.91 Å². The van der Waals surface area contributed by atoms with Crippen molar-refractivity contribution in [2.45, 2.75) is 26.1 Å². The minimum absolute atomic E-state index is 0.0769. The predicted molar refractivity (Wildman–Crippen MR) is 107 cm³/mol. The van der Waals surface area contributed by atoms with Crippen molar-refractivity contribution in [1.29, 1.82) is 5.26 Å². The molecule has 0 aromatic heterocycles. The molecule has 0 N–H and O–H groups in total. The zero-order chi connectivity index (χ0) is 20.2. The lowest BCUT2D eigenvalue weighted by Crippen LogP contribution is -2.41. The molecule has 0 bridgehead atoms. The van der Waals surface area contributed by atoms with E-state index in [0.717, 1.165) is 36.1 Å². The monoisotopic (exact) mass is 392 g/mol. The average Bonchev–Trinajstić information content (AvgIpc) is 3.26. The van der Waals surface area contributed by atoms with Gasteiger partial charge in [-0.05, 0) is 42.2 Å². The molecule has 0 aliphatic carbocycles. The summed E-state index contributed by atoms with van der Waals surface area (Å²) in [6, 6.07) is 13.1. The van der Waals surface area contributed by atoms with Crippen molar-refractivity contribution in [2.24, 2.45) is 5.92 Å². The third-order valence-electron chi connectivity index (χ3n) is 5.58. The first-order valence-electron chi connectivity index (χ1n) is 9.88. The molecule has 1 atom stereocenters. The molecule has 4 rings (SSSR count). The van der Waals surface area contributed by atoms with E-state index in [1.54, 1.807) is 25.3 Å². The second-order valence-electron chi connectivity index (χ2n) is 7.48. The molecule has 2 heterocycles. The quantitative estimate of drug-likeness (QED) is 0.778. The number of nitrogens with zero attached hydrogens (tertiary/aromatic N) is 2. The number of carbonyl (C=O) groups excluding carboxylic acids is 1. The Morgan fingerprint density at radius 1 is 1.28 bits per heavy atom. The lowest BCUT2D eigenvalue weighted by atomic mass is 9.96. The minimum Gasteiger partial charge on any atom is -0.493 e. The van der Waals surface area contributed by atoms with Gasteiger partial charge in [0.25, 0.3) is 5.91 Å². The number of fused-ring (bicyclic) bond motifs is 1. The standard InChI is InChI=1S/C23H24N2O4/c1-27-22-10-16(11-24)7-8-21(22)29-13-17-4-3-9-25(12-17)23(26)19-6-2-5-18-14-28-15-20(18)19/h2,5-8,10,17H,3-4,9,12-15H2,1H3. The molecule has 0 spiro atoms. The summed E-state index contributed by atoms with van der Waals surface area (Å²) in [5.41, 5.74) is 3.43. The first-order valence-corrected chi connectivity index (χ1v) is 9.88. The first-order chi connectivity index (χ1) is 14.2. The molecular weight excluding hydrogens is 368 g/mol. The number of ether oxygens (including phenoxy) is 3. The number of rotatable bonds is 5. The first kappa shape index (κ1) is 19.3. The fourth-order valence-electron chi connectivity index (χ4n) is 4.02.